The molecule has 0 radical (unpaired) electrons. The number of carbonyl (C=O) groups is 1. The molecule has 1 N–H and O–H groups in total. The molecule has 28 heavy (non-hydrogen) atoms. The fourth-order valence-electron chi connectivity index (χ4n) is 4.03. The first-order chi connectivity index (χ1) is 13.3. The number of para-hydroxylation sites is 1. The fourth-order valence-corrected chi connectivity index (χ4v) is 4.03. The van der Waals surface area contributed by atoms with E-state index in [-0.39, 0.29) is 28.7 Å². The van der Waals surface area contributed by atoms with Crippen LogP contribution >= 0.6 is 0 Å². The number of hydrogen-bond donors (Lipinski definition) is 1. The van der Waals surface area contributed by atoms with Gasteiger partial charge >= 0.3 is 6.36 Å². The highest BCUT2D eigenvalue weighted by molar-refractivity contribution is 5.95. The van der Waals surface area contributed by atoms with Crippen LogP contribution in [0.4, 0.5) is 18.9 Å². The fraction of sp³-hybridized carbons (Fsp3) is 0.381. The number of nitrogens with one attached hydrogen (secondary N) is 1. The molecule has 7 heteroatoms. The predicted molar refractivity (Wildman–Crippen MR) is 99.3 cm³/mol. The zero-order chi connectivity index (χ0) is 19.8. The molecule has 1 unspecified atom stereocenters. The quantitative estimate of drug-likeness (QED) is 0.843. The minimum absolute atomic E-state index is 0.0742. The first-order valence-corrected chi connectivity index (χ1v) is 9.31. The molecule has 1 spiro atoms. The Morgan fingerprint density at radius 2 is 1.79 bits per heavy atom. The second-order valence-corrected chi connectivity index (χ2v) is 7.49. The van der Waals surface area contributed by atoms with Crippen molar-refractivity contribution in [3.8, 4) is 5.75 Å². The van der Waals surface area contributed by atoms with Crippen molar-refractivity contribution in [1.82, 2.24) is 5.32 Å². The molecule has 1 saturated carbocycles. The van der Waals surface area contributed by atoms with Crippen LogP contribution in [0.5, 0.6) is 5.75 Å². The largest absolute Gasteiger partial charge is 0.573 e. The summed E-state index contributed by atoms with van der Waals surface area (Å²) >= 11 is 0. The summed E-state index contributed by atoms with van der Waals surface area (Å²) in [7, 11) is 0. The summed E-state index contributed by atoms with van der Waals surface area (Å²) in [6.07, 6.45) is -1.88. The van der Waals surface area contributed by atoms with Crippen molar-refractivity contribution >= 4 is 11.6 Å². The normalized spacial score (nSPS) is 20.7. The third-order valence-electron chi connectivity index (χ3n) is 5.71. The lowest BCUT2D eigenvalue weighted by Crippen LogP contribution is -2.38. The molecule has 1 aliphatic heterocycles. The molecule has 1 aliphatic carbocycles. The van der Waals surface area contributed by atoms with Crippen molar-refractivity contribution in [1.29, 1.82) is 0 Å². The van der Waals surface area contributed by atoms with Crippen LogP contribution in [0.3, 0.4) is 0 Å². The monoisotopic (exact) mass is 390 g/mol. The van der Waals surface area contributed by atoms with Gasteiger partial charge < -0.3 is 15.0 Å². The van der Waals surface area contributed by atoms with Gasteiger partial charge in [-0.25, -0.2) is 0 Å². The summed E-state index contributed by atoms with van der Waals surface area (Å²) in [6, 6.07) is 15.5. The number of halogens is 3. The molecule has 148 valence electrons. The number of benzene rings is 2. The molecule has 2 aromatic carbocycles. The van der Waals surface area contributed by atoms with Crippen molar-refractivity contribution in [2.24, 2.45) is 5.41 Å². The summed E-state index contributed by atoms with van der Waals surface area (Å²) in [5.41, 5.74) is 1.49. The number of anilines is 1. The summed E-state index contributed by atoms with van der Waals surface area (Å²) in [5, 5.41) is 2.98. The van der Waals surface area contributed by atoms with Gasteiger partial charge in [-0.15, -0.1) is 13.2 Å². The summed E-state index contributed by atoms with van der Waals surface area (Å²) in [4.78, 5) is 14.8. The third kappa shape index (κ3) is 4.08. The van der Waals surface area contributed by atoms with E-state index in [1.165, 1.54) is 23.9 Å². The van der Waals surface area contributed by atoms with Gasteiger partial charge in [0.25, 0.3) is 5.91 Å². The molecule has 0 aromatic heterocycles. The molecule has 4 rings (SSSR count). The lowest BCUT2D eigenvalue weighted by atomic mass is 9.92. The molecular formula is C21H21F3N2O2. The summed E-state index contributed by atoms with van der Waals surface area (Å²) in [5.74, 6) is -0.748. The maximum atomic E-state index is 12.5. The van der Waals surface area contributed by atoms with E-state index in [0.717, 1.165) is 38.4 Å². The highest BCUT2D eigenvalue weighted by Gasteiger charge is 2.55. The molecule has 4 nitrogen and oxygen atoms in total. The number of ether oxygens (including phenoxy) is 1. The highest BCUT2D eigenvalue weighted by atomic mass is 19.4. The van der Waals surface area contributed by atoms with Gasteiger partial charge in [0.2, 0.25) is 0 Å². The zero-order valence-corrected chi connectivity index (χ0v) is 15.2. The highest BCUT2D eigenvalue weighted by Crippen LogP contribution is 2.54. The zero-order valence-electron chi connectivity index (χ0n) is 15.2. The van der Waals surface area contributed by atoms with Crippen LogP contribution in [0.1, 0.15) is 29.6 Å². The van der Waals surface area contributed by atoms with Crippen LogP contribution in [0.2, 0.25) is 0 Å². The number of hydrogen-bond acceptors (Lipinski definition) is 3. The number of rotatable bonds is 4. The SMILES string of the molecule is O=C(NC1CC12CCN(c1ccccc1)CC2)c1cccc(OC(F)(F)F)c1. The smallest absolute Gasteiger partial charge is 0.406 e. The van der Waals surface area contributed by atoms with Crippen LogP contribution < -0.4 is 15.0 Å². The molecule has 1 heterocycles. The van der Waals surface area contributed by atoms with Crippen LogP contribution in [0.15, 0.2) is 54.6 Å². The molecule has 1 saturated heterocycles. The molecule has 0 bridgehead atoms. The van der Waals surface area contributed by atoms with Crippen LogP contribution in [0, 0.1) is 5.41 Å². The Bertz CT molecular complexity index is 846. The van der Waals surface area contributed by atoms with Crippen LogP contribution in [-0.2, 0) is 0 Å². The van der Waals surface area contributed by atoms with Crippen molar-refractivity contribution < 1.29 is 22.7 Å². The van der Waals surface area contributed by atoms with Gasteiger partial charge in [-0.3, -0.25) is 4.79 Å². The van der Waals surface area contributed by atoms with Gasteiger partial charge in [0, 0.05) is 30.4 Å². The lowest BCUT2D eigenvalue weighted by molar-refractivity contribution is -0.274. The lowest BCUT2D eigenvalue weighted by Gasteiger charge is -2.34. The van der Waals surface area contributed by atoms with Gasteiger partial charge in [-0.05, 0) is 55.0 Å². The van der Waals surface area contributed by atoms with Crippen molar-refractivity contribution in [2.45, 2.75) is 31.7 Å². The average molecular weight is 390 g/mol. The molecule has 2 aromatic rings. The van der Waals surface area contributed by atoms with E-state index in [0.29, 0.717) is 0 Å². The third-order valence-corrected chi connectivity index (χ3v) is 5.71. The molecule has 1 atom stereocenters. The number of amides is 1. The van der Waals surface area contributed by atoms with Crippen molar-refractivity contribution in [3.63, 3.8) is 0 Å². The second-order valence-electron chi connectivity index (χ2n) is 7.49. The van der Waals surface area contributed by atoms with E-state index in [1.54, 1.807) is 0 Å². The first kappa shape index (κ1) is 18.7. The molecule has 1 amide bonds. The number of carbonyl (C=O) groups excluding carboxylic acids is 1. The minimum Gasteiger partial charge on any atom is -0.406 e. The molecule has 2 aliphatic rings. The molecular weight excluding hydrogens is 369 g/mol. The van der Waals surface area contributed by atoms with Crippen LogP contribution in [0.25, 0.3) is 0 Å². The molecule has 2 fully saturated rings. The van der Waals surface area contributed by atoms with E-state index in [1.807, 2.05) is 18.2 Å². The van der Waals surface area contributed by atoms with Gasteiger partial charge in [0.15, 0.2) is 0 Å². The average Bonchev–Trinajstić information content (AvgIpc) is 3.32. The maximum Gasteiger partial charge on any atom is 0.573 e. The number of piperidine rings is 1. The van der Waals surface area contributed by atoms with E-state index in [2.05, 4.69) is 27.1 Å². The predicted octanol–water partition coefficient (Wildman–Crippen LogP) is 4.37. The van der Waals surface area contributed by atoms with E-state index in [9.17, 15) is 18.0 Å². The summed E-state index contributed by atoms with van der Waals surface area (Å²) in [6.45, 7) is 1.87. The van der Waals surface area contributed by atoms with Crippen molar-refractivity contribution in [2.75, 3.05) is 18.0 Å². The van der Waals surface area contributed by atoms with Gasteiger partial charge in [-0.2, -0.15) is 0 Å². The Balaban J connectivity index is 1.33. The Morgan fingerprint density at radius 1 is 1.07 bits per heavy atom. The Hall–Kier alpha value is -2.70. The first-order valence-electron chi connectivity index (χ1n) is 9.31. The van der Waals surface area contributed by atoms with Crippen LogP contribution in [-0.4, -0.2) is 31.4 Å². The van der Waals surface area contributed by atoms with Gasteiger partial charge in [-0.1, -0.05) is 24.3 Å². The van der Waals surface area contributed by atoms with E-state index in [4.69, 9.17) is 0 Å². The van der Waals surface area contributed by atoms with Crippen molar-refractivity contribution in [3.05, 3.63) is 60.2 Å². The van der Waals surface area contributed by atoms with E-state index < -0.39 is 6.36 Å². The Kier molecular flexibility index (Phi) is 4.69. The maximum absolute atomic E-state index is 12.5. The topological polar surface area (TPSA) is 41.6 Å². The Labute approximate surface area is 161 Å². The standard InChI is InChI=1S/C21H21F3N2O2/c22-21(23,24)28-17-8-4-5-15(13-17)19(27)25-18-14-20(18)9-11-26(12-10-20)16-6-2-1-3-7-16/h1-8,13,18H,9-12,14H2,(H,25,27). The van der Waals surface area contributed by atoms with Gasteiger partial charge in [0.1, 0.15) is 5.75 Å². The number of alkyl halides is 3. The van der Waals surface area contributed by atoms with Gasteiger partial charge in [0.05, 0.1) is 0 Å². The summed E-state index contributed by atoms with van der Waals surface area (Å²) < 4.78 is 41.0. The number of nitrogens with zero attached hydrogens (tertiary/aromatic N) is 1. The second kappa shape index (κ2) is 7.04. The Morgan fingerprint density at radius 3 is 2.46 bits per heavy atom. The van der Waals surface area contributed by atoms with E-state index >= 15 is 0 Å². The minimum atomic E-state index is -4.78.